The first-order valence-electron chi connectivity index (χ1n) is 3.97. The van der Waals surface area contributed by atoms with Crippen LogP contribution in [-0.4, -0.2) is 9.97 Å². The number of fused-ring (bicyclic) bond motifs is 1. The fourth-order valence-electron chi connectivity index (χ4n) is 1.20. The number of nitrogens with zero attached hydrogens (tertiary/aromatic N) is 1. The summed E-state index contributed by atoms with van der Waals surface area (Å²) in [5.41, 5.74) is 8.66. The van der Waals surface area contributed by atoms with E-state index in [2.05, 4.69) is 9.97 Å². The topological polar surface area (TPSA) is 54.7 Å². The molecular weight excluding hydrogens is 150 g/mol. The van der Waals surface area contributed by atoms with E-state index in [1.807, 2.05) is 31.3 Å². The highest BCUT2D eigenvalue weighted by Gasteiger charge is 2.01. The van der Waals surface area contributed by atoms with Crippen LogP contribution >= 0.6 is 0 Å². The van der Waals surface area contributed by atoms with E-state index in [1.165, 1.54) is 0 Å². The minimum atomic E-state index is 0.00398. The molecule has 1 atom stereocenters. The zero-order valence-corrected chi connectivity index (χ0v) is 6.91. The van der Waals surface area contributed by atoms with Gasteiger partial charge in [-0.3, -0.25) is 0 Å². The van der Waals surface area contributed by atoms with Crippen LogP contribution in [-0.2, 0) is 0 Å². The number of rotatable bonds is 1. The fraction of sp³-hybridized carbons (Fsp3) is 0.222. The van der Waals surface area contributed by atoms with E-state index >= 15 is 0 Å². The molecule has 2 heterocycles. The third-order valence-electron chi connectivity index (χ3n) is 1.89. The Morgan fingerprint density at radius 2 is 2.25 bits per heavy atom. The first kappa shape index (κ1) is 7.31. The van der Waals surface area contributed by atoms with Crippen LogP contribution in [0.4, 0.5) is 0 Å². The Morgan fingerprint density at radius 3 is 3.00 bits per heavy atom. The van der Waals surface area contributed by atoms with Gasteiger partial charge in [-0.1, -0.05) is 0 Å². The van der Waals surface area contributed by atoms with Crippen molar-refractivity contribution < 1.29 is 0 Å². The summed E-state index contributed by atoms with van der Waals surface area (Å²) in [5, 5.41) is 0. The van der Waals surface area contributed by atoms with Gasteiger partial charge in [0.15, 0.2) is 0 Å². The van der Waals surface area contributed by atoms with Crippen LogP contribution < -0.4 is 5.73 Å². The molecule has 3 N–H and O–H groups in total. The fourth-order valence-corrected chi connectivity index (χ4v) is 1.20. The van der Waals surface area contributed by atoms with Crippen LogP contribution in [0.3, 0.4) is 0 Å². The van der Waals surface area contributed by atoms with Crippen molar-refractivity contribution in [2.75, 3.05) is 0 Å². The maximum Gasteiger partial charge on any atom is 0.0882 e. The van der Waals surface area contributed by atoms with Crippen molar-refractivity contribution >= 4 is 11.0 Å². The summed E-state index contributed by atoms with van der Waals surface area (Å²) in [6, 6.07) is 5.90. The minimum Gasteiger partial charge on any atom is -0.360 e. The maximum atomic E-state index is 5.70. The lowest BCUT2D eigenvalue weighted by Crippen LogP contribution is -2.06. The van der Waals surface area contributed by atoms with Crippen molar-refractivity contribution in [3.63, 3.8) is 0 Å². The van der Waals surface area contributed by atoms with Gasteiger partial charge in [-0.05, 0) is 25.1 Å². The van der Waals surface area contributed by atoms with Crippen molar-refractivity contribution in [3.05, 3.63) is 30.1 Å². The van der Waals surface area contributed by atoms with Crippen LogP contribution in [0.2, 0.25) is 0 Å². The zero-order chi connectivity index (χ0) is 8.55. The summed E-state index contributed by atoms with van der Waals surface area (Å²) in [6.45, 7) is 1.93. The maximum absolute atomic E-state index is 5.70. The normalized spacial score (nSPS) is 13.5. The average molecular weight is 161 g/mol. The highest BCUT2D eigenvalue weighted by molar-refractivity contribution is 5.74. The molecule has 0 aliphatic heterocycles. The Bertz CT molecular complexity index is 389. The Balaban J connectivity index is 2.60. The van der Waals surface area contributed by atoms with Gasteiger partial charge >= 0.3 is 0 Å². The predicted molar refractivity (Wildman–Crippen MR) is 48.7 cm³/mol. The first-order chi connectivity index (χ1) is 5.77. The second-order valence-electron chi connectivity index (χ2n) is 2.94. The van der Waals surface area contributed by atoms with E-state index in [4.69, 9.17) is 5.73 Å². The van der Waals surface area contributed by atoms with Gasteiger partial charge in [0.2, 0.25) is 0 Å². The minimum absolute atomic E-state index is 0.00398. The van der Waals surface area contributed by atoms with Gasteiger partial charge < -0.3 is 10.7 Å². The molecule has 2 aromatic rings. The van der Waals surface area contributed by atoms with E-state index in [0.29, 0.717) is 0 Å². The van der Waals surface area contributed by atoms with Crippen LogP contribution in [0.5, 0.6) is 0 Å². The van der Waals surface area contributed by atoms with E-state index < -0.39 is 0 Å². The zero-order valence-electron chi connectivity index (χ0n) is 6.91. The SMILES string of the molecule is C[C@@H](N)c1ccc2[nH]ccc2n1. The summed E-state index contributed by atoms with van der Waals surface area (Å²) in [5.74, 6) is 0. The molecule has 3 nitrogen and oxygen atoms in total. The molecule has 0 bridgehead atoms. The summed E-state index contributed by atoms with van der Waals surface area (Å²) >= 11 is 0. The van der Waals surface area contributed by atoms with Crippen molar-refractivity contribution in [2.45, 2.75) is 13.0 Å². The summed E-state index contributed by atoms with van der Waals surface area (Å²) in [7, 11) is 0. The van der Waals surface area contributed by atoms with Crippen molar-refractivity contribution in [1.82, 2.24) is 9.97 Å². The van der Waals surface area contributed by atoms with Crippen LogP contribution in [0.15, 0.2) is 24.4 Å². The lowest BCUT2D eigenvalue weighted by molar-refractivity contribution is 0.787. The van der Waals surface area contributed by atoms with Crippen LogP contribution in [0.1, 0.15) is 18.7 Å². The van der Waals surface area contributed by atoms with Crippen molar-refractivity contribution in [2.24, 2.45) is 5.73 Å². The van der Waals surface area contributed by atoms with Crippen molar-refractivity contribution in [1.29, 1.82) is 0 Å². The molecule has 0 aliphatic rings. The highest BCUT2D eigenvalue weighted by atomic mass is 14.8. The second-order valence-corrected chi connectivity index (χ2v) is 2.94. The van der Waals surface area contributed by atoms with Crippen LogP contribution in [0, 0.1) is 0 Å². The van der Waals surface area contributed by atoms with E-state index in [-0.39, 0.29) is 6.04 Å². The Labute approximate surface area is 70.6 Å². The number of hydrogen-bond donors (Lipinski definition) is 2. The van der Waals surface area contributed by atoms with E-state index in [0.717, 1.165) is 16.7 Å². The van der Waals surface area contributed by atoms with E-state index in [1.54, 1.807) is 0 Å². The third kappa shape index (κ3) is 1.08. The monoisotopic (exact) mass is 161 g/mol. The molecule has 0 aliphatic carbocycles. The molecule has 62 valence electrons. The predicted octanol–water partition coefficient (Wildman–Crippen LogP) is 1.58. The Kier molecular flexibility index (Phi) is 1.59. The lowest BCUT2D eigenvalue weighted by Gasteiger charge is -2.02. The molecule has 0 fully saturated rings. The number of nitrogens with one attached hydrogen (secondary N) is 1. The molecule has 2 aromatic heterocycles. The van der Waals surface area contributed by atoms with Crippen LogP contribution in [0.25, 0.3) is 11.0 Å². The quantitative estimate of drug-likeness (QED) is 0.667. The summed E-state index contributed by atoms with van der Waals surface area (Å²) in [6.07, 6.45) is 1.88. The summed E-state index contributed by atoms with van der Waals surface area (Å²) in [4.78, 5) is 7.46. The lowest BCUT2D eigenvalue weighted by atomic mass is 10.2. The molecule has 0 amide bonds. The smallest absolute Gasteiger partial charge is 0.0882 e. The molecule has 0 unspecified atom stereocenters. The highest BCUT2D eigenvalue weighted by Crippen LogP contribution is 2.13. The second kappa shape index (κ2) is 2.60. The van der Waals surface area contributed by atoms with Gasteiger partial charge in [0.05, 0.1) is 16.7 Å². The number of aromatic amines is 1. The Hall–Kier alpha value is -1.35. The van der Waals surface area contributed by atoms with E-state index in [9.17, 15) is 0 Å². The molecule has 0 saturated carbocycles. The number of nitrogens with two attached hydrogens (primary N) is 1. The molecule has 0 spiro atoms. The van der Waals surface area contributed by atoms with Crippen molar-refractivity contribution in [3.8, 4) is 0 Å². The number of aromatic nitrogens is 2. The number of pyridine rings is 1. The van der Waals surface area contributed by atoms with Gasteiger partial charge in [0, 0.05) is 12.2 Å². The molecular formula is C9H11N3. The largest absolute Gasteiger partial charge is 0.360 e. The van der Waals surface area contributed by atoms with Gasteiger partial charge in [-0.15, -0.1) is 0 Å². The van der Waals surface area contributed by atoms with Gasteiger partial charge in [0.1, 0.15) is 0 Å². The van der Waals surface area contributed by atoms with Gasteiger partial charge in [-0.25, -0.2) is 4.98 Å². The number of H-pyrrole nitrogens is 1. The molecule has 0 saturated heterocycles. The first-order valence-corrected chi connectivity index (χ1v) is 3.97. The number of hydrogen-bond acceptors (Lipinski definition) is 2. The van der Waals surface area contributed by atoms with Gasteiger partial charge in [-0.2, -0.15) is 0 Å². The average Bonchev–Trinajstić information content (AvgIpc) is 2.49. The molecule has 2 rings (SSSR count). The molecule has 0 radical (unpaired) electrons. The Morgan fingerprint density at radius 1 is 1.42 bits per heavy atom. The summed E-state index contributed by atoms with van der Waals surface area (Å²) < 4.78 is 0. The molecule has 0 aromatic carbocycles. The standard InChI is InChI=1S/C9H11N3/c1-6(10)7-2-3-8-9(12-7)4-5-11-8/h2-6,11H,10H2,1H3/t6-/m1/s1. The molecule has 12 heavy (non-hydrogen) atoms. The third-order valence-corrected chi connectivity index (χ3v) is 1.89. The molecule has 3 heteroatoms. The van der Waals surface area contributed by atoms with Gasteiger partial charge in [0.25, 0.3) is 0 Å².